The lowest BCUT2D eigenvalue weighted by Crippen LogP contribution is -2.13. The normalized spacial score (nSPS) is 10.5. The molecule has 26 heavy (non-hydrogen) atoms. The summed E-state index contributed by atoms with van der Waals surface area (Å²) in [7, 11) is 0. The van der Waals surface area contributed by atoms with E-state index in [0.717, 1.165) is 16.3 Å². The van der Waals surface area contributed by atoms with Crippen molar-refractivity contribution in [2.75, 3.05) is 11.1 Å². The second-order valence-electron chi connectivity index (χ2n) is 5.82. The van der Waals surface area contributed by atoms with Gasteiger partial charge in [-0.1, -0.05) is 23.8 Å². The van der Waals surface area contributed by atoms with Crippen LogP contribution in [-0.4, -0.2) is 16.6 Å². The lowest BCUT2D eigenvalue weighted by Gasteiger charge is -2.07. The summed E-state index contributed by atoms with van der Waals surface area (Å²) in [5, 5.41) is 2.95. The third-order valence-corrected chi connectivity index (χ3v) is 5.75. The summed E-state index contributed by atoms with van der Waals surface area (Å²) < 4.78 is 0. The maximum atomic E-state index is 12.1. The molecule has 1 N–H and O–H groups in total. The number of benzene rings is 2. The van der Waals surface area contributed by atoms with E-state index in [1.54, 1.807) is 29.7 Å². The van der Waals surface area contributed by atoms with Crippen molar-refractivity contribution >= 4 is 35.1 Å². The summed E-state index contributed by atoms with van der Waals surface area (Å²) in [6.07, 6.45) is 3.66. The van der Waals surface area contributed by atoms with Crippen molar-refractivity contribution in [1.29, 1.82) is 0 Å². The number of carbonyl (C=O) groups is 1. The zero-order valence-corrected chi connectivity index (χ0v) is 16.1. The molecule has 0 aliphatic carbocycles. The molecule has 3 aromatic rings. The molecule has 1 amide bonds. The first-order valence-corrected chi connectivity index (χ1v) is 10.3. The topological polar surface area (TPSA) is 42.0 Å². The van der Waals surface area contributed by atoms with Crippen molar-refractivity contribution in [3.63, 3.8) is 0 Å². The second kappa shape index (κ2) is 9.46. The fourth-order valence-electron chi connectivity index (χ4n) is 2.27. The molecule has 1 aromatic heterocycles. The Morgan fingerprint density at radius 3 is 2.35 bits per heavy atom. The highest BCUT2D eigenvalue weighted by Crippen LogP contribution is 2.24. The molecular formula is C21H20N2OS2. The summed E-state index contributed by atoms with van der Waals surface area (Å²) in [6.45, 7) is 2.06. The van der Waals surface area contributed by atoms with Crippen LogP contribution in [0.4, 0.5) is 5.69 Å². The number of hydrogen-bond acceptors (Lipinski definition) is 4. The van der Waals surface area contributed by atoms with E-state index in [-0.39, 0.29) is 5.91 Å². The van der Waals surface area contributed by atoms with Gasteiger partial charge in [0.1, 0.15) is 0 Å². The van der Waals surface area contributed by atoms with Crippen LogP contribution in [0.3, 0.4) is 0 Å². The van der Waals surface area contributed by atoms with Crippen LogP contribution in [0.25, 0.3) is 0 Å². The first-order chi connectivity index (χ1) is 12.7. The monoisotopic (exact) mass is 380 g/mol. The molecule has 132 valence electrons. The molecule has 0 unspecified atom stereocenters. The number of carbonyl (C=O) groups excluding carboxylic acids is 1. The largest absolute Gasteiger partial charge is 0.325 e. The molecule has 0 aliphatic heterocycles. The first-order valence-electron chi connectivity index (χ1n) is 8.30. The SMILES string of the molecule is Cc1ccc(SCC(=O)Nc2ccc(SCc3cccnc3)cc2)cc1. The third kappa shape index (κ3) is 5.93. The van der Waals surface area contributed by atoms with Crippen LogP contribution in [0, 0.1) is 6.92 Å². The predicted molar refractivity (Wildman–Crippen MR) is 111 cm³/mol. The number of amides is 1. The number of hydrogen-bond donors (Lipinski definition) is 1. The van der Waals surface area contributed by atoms with E-state index in [0.29, 0.717) is 5.75 Å². The zero-order valence-electron chi connectivity index (χ0n) is 14.5. The summed E-state index contributed by atoms with van der Waals surface area (Å²) in [6, 6.07) is 20.2. The third-order valence-electron chi connectivity index (χ3n) is 3.66. The molecule has 0 radical (unpaired) electrons. The minimum atomic E-state index is 0.00587. The van der Waals surface area contributed by atoms with Crippen molar-refractivity contribution in [3.05, 3.63) is 84.2 Å². The first kappa shape index (κ1) is 18.5. The average molecular weight is 381 g/mol. The van der Waals surface area contributed by atoms with Gasteiger partial charge in [-0.05, 0) is 55.0 Å². The van der Waals surface area contributed by atoms with Gasteiger partial charge in [-0.15, -0.1) is 23.5 Å². The van der Waals surface area contributed by atoms with Crippen LogP contribution < -0.4 is 5.32 Å². The number of pyridine rings is 1. The highest BCUT2D eigenvalue weighted by molar-refractivity contribution is 8.00. The van der Waals surface area contributed by atoms with E-state index in [4.69, 9.17) is 0 Å². The quantitative estimate of drug-likeness (QED) is 0.556. The Kier molecular flexibility index (Phi) is 6.75. The lowest BCUT2D eigenvalue weighted by molar-refractivity contribution is -0.113. The van der Waals surface area contributed by atoms with E-state index >= 15 is 0 Å². The zero-order chi connectivity index (χ0) is 18.2. The van der Waals surface area contributed by atoms with Crippen molar-refractivity contribution in [3.8, 4) is 0 Å². The molecule has 5 heteroatoms. The van der Waals surface area contributed by atoms with Crippen molar-refractivity contribution < 1.29 is 4.79 Å². The summed E-state index contributed by atoms with van der Waals surface area (Å²) in [4.78, 5) is 18.5. The van der Waals surface area contributed by atoms with Gasteiger partial charge in [0.2, 0.25) is 5.91 Å². The van der Waals surface area contributed by atoms with Crippen LogP contribution in [0.5, 0.6) is 0 Å². The Morgan fingerprint density at radius 1 is 0.962 bits per heavy atom. The molecule has 3 rings (SSSR count). The van der Waals surface area contributed by atoms with Crippen LogP contribution in [0.2, 0.25) is 0 Å². The smallest absolute Gasteiger partial charge is 0.234 e. The Balaban J connectivity index is 1.45. The summed E-state index contributed by atoms with van der Waals surface area (Å²) >= 11 is 3.30. The lowest BCUT2D eigenvalue weighted by atomic mass is 10.2. The fourth-order valence-corrected chi connectivity index (χ4v) is 3.80. The van der Waals surface area contributed by atoms with E-state index in [1.807, 2.05) is 48.7 Å². The number of anilines is 1. The Bertz CT molecular complexity index is 834. The van der Waals surface area contributed by atoms with E-state index in [9.17, 15) is 4.79 Å². The van der Waals surface area contributed by atoms with Crippen molar-refractivity contribution in [1.82, 2.24) is 4.98 Å². The average Bonchev–Trinajstić information content (AvgIpc) is 2.68. The van der Waals surface area contributed by atoms with Gasteiger partial charge in [0.05, 0.1) is 5.75 Å². The van der Waals surface area contributed by atoms with E-state index in [2.05, 4.69) is 35.4 Å². The number of aryl methyl sites for hydroxylation is 1. The van der Waals surface area contributed by atoms with Gasteiger partial charge in [-0.25, -0.2) is 0 Å². The fraction of sp³-hybridized carbons (Fsp3) is 0.143. The molecule has 0 atom stereocenters. The molecule has 3 nitrogen and oxygen atoms in total. The van der Waals surface area contributed by atoms with Gasteiger partial charge in [-0.2, -0.15) is 0 Å². The standard InChI is InChI=1S/C21H20N2OS2/c1-16-4-8-19(9-5-16)26-15-21(24)23-18-6-10-20(11-7-18)25-14-17-3-2-12-22-13-17/h2-13H,14-15H2,1H3,(H,23,24). The number of thioether (sulfide) groups is 2. The van der Waals surface area contributed by atoms with Crippen molar-refractivity contribution in [2.45, 2.75) is 22.5 Å². The predicted octanol–water partition coefficient (Wildman–Crippen LogP) is 5.41. The molecule has 1 heterocycles. The van der Waals surface area contributed by atoms with Crippen LogP contribution in [0.1, 0.15) is 11.1 Å². The van der Waals surface area contributed by atoms with Crippen LogP contribution >= 0.6 is 23.5 Å². The Hall–Kier alpha value is -2.24. The maximum absolute atomic E-state index is 12.1. The molecule has 0 fully saturated rings. The van der Waals surface area contributed by atoms with E-state index < -0.39 is 0 Å². The number of aromatic nitrogens is 1. The molecule has 0 aliphatic rings. The molecule has 0 spiro atoms. The number of rotatable bonds is 7. The van der Waals surface area contributed by atoms with Gasteiger partial charge in [-0.3, -0.25) is 9.78 Å². The van der Waals surface area contributed by atoms with Crippen molar-refractivity contribution in [2.24, 2.45) is 0 Å². The molecule has 0 saturated carbocycles. The number of nitrogens with zero attached hydrogens (tertiary/aromatic N) is 1. The van der Waals surface area contributed by atoms with E-state index in [1.165, 1.54) is 16.0 Å². The van der Waals surface area contributed by atoms with Gasteiger partial charge < -0.3 is 5.32 Å². The second-order valence-corrected chi connectivity index (χ2v) is 7.92. The molecular weight excluding hydrogens is 360 g/mol. The maximum Gasteiger partial charge on any atom is 0.234 e. The van der Waals surface area contributed by atoms with Gasteiger partial charge in [0.15, 0.2) is 0 Å². The Labute approximate surface area is 162 Å². The highest BCUT2D eigenvalue weighted by atomic mass is 32.2. The van der Waals surface area contributed by atoms with Gasteiger partial charge in [0, 0.05) is 33.6 Å². The van der Waals surface area contributed by atoms with Gasteiger partial charge >= 0.3 is 0 Å². The Morgan fingerprint density at radius 2 is 1.65 bits per heavy atom. The van der Waals surface area contributed by atoms with Crippen LogP contribution in [-0.2, 0) is 10.5 Å². The highest BCUT2D eigenvalue weighted by Gasteiger charge is 2.04. The minimum Gasteiger partial charge on any atom is -0.325 e. The van der Waals surface area contributed by atoms with Crippen LogP contribution in [0.15, 0.2) is 82.8 Å². The molecule has 0 bridgehead atoms. The minimum absolute atomic E-state index is 0.00587. The van der Waals surface area contributed by atoms with Gasteiger partial charge in [0.25, 0.3) is 0 Å². The summed E-state index contributed by atoms with van der Waals surface area (Å²) in [5.74, 6) is 1.29. The summed E-state index contributed by atoms with van der Waals surface area (Å²) in [5.41, 5.74) is 3.24. The molecule has 0 saturated heterocycles. The molecule has 2 aromatic carbocycles. The number of nitrogens with one attached hydrogen (secondary N) is 1.